The number of rotatable bonds is 5. The summed E-state index contributed by atoms with van der Waals surface area (Å²) < 4.78 is 37.7. The van der Waals surface area contributed by atoms with Crippen molar-refractivity contribution in [2.24, 2.45) is 0 Å². The molecule has 1 aromatic carbocycles. The molecule has 2 unspecified atom stereocenters. The van der Waals surface area contributed by atoms with Crippen molar-refractivity contribution in [3.8, 4) is 5.75 Å². The van der Waals surface area contributed by atoms with E-state index >= 15 is 0 Å². The fourth-order valence-corrected chi connectivity index (χ4v) is 3.98. The highest BCUT2D eigenvalue weighted by atomic mass is 35.5. The SMILES string of the molecule is CC1CN(S(=O)(=O)c2ccc(OCCCl)cc2)C(C)CO1. The molecule has 2 atom stereocenters. The minimum atomic E-state index is -3.51. The fraction of sp³-hybridized carbons (Fsp3) is 0.571. The monoisotopic (exact) mass is 333 g/mol. The van der Waals surface area contributed by atoms with E-state index in [1.807, 2.05) is 13.8 Å². The predicted octanol–water partition coefficient (Wildman–Crippen LogP) is 2.10. The molecule has 0 bridgehead atoms. The van der Waals surface area contributed by atoms with Gasteiger partial charge in [-0.05, 0) is 38.1 Å². The van der Waals surface area contributed by atoms with Crippen LogP contribution in [0, 0.1) is 0 Å². The van der Waals surface area contributed by atoms with E-state index in [1.54, 1.807) is 24.3 Å². The smallest absolute Gasteiger partial charge is 0.243 e. The van der Waals surface area contributed by atoms with Crippen LogP contribution >= 0.6 is 11.6 Å². The normalized spacial score (nSPS) is 24.0. The number of morpholine rings is 1. The number of alkyl halides is 1. The maximum absolute atomic E-state index is 12.7. The van der Waals surface area contributed by atoms with E-state index < -0.39 is 10.0 Å². The van der Waals surface area contributed by atoms with Crippen molar-refractivity contribution in [1.29, 1.82) is 0 Å². The van der Waals surface area contributed by atoms with E-state index in [2.05, 4.69) is 0 Å². The standard InChI is InChI=1S/C14H20ClNO4S/c1-11-10-20-12(2)9-16(11)21(17,18)14-5-3-13(4-6-14)19-8-7-15/h3-6,11-12H,7-10H2,1-2H3. The first-order valence-electron chi connectivity index (χ1n) is 6.87. The van der Waals surface area contributed by atoms with Gasteiger partial charge in [0.2, 0.25) is 10.0 Å². The number of benzene rings is 1. The van der Waals surface area contributed by atoms with Gasteiger partial charge < -0.3 is 9.47 Å². The molecule has 0 amide bonds. The Morgan fingerprint density at radius 3 is 2.62 bits per heavy atom. The molecule has 0 radical (unpaired) electrons. The van der Waals surface area contributed by atoms with Crippen molar-refractivity contribution >= 4 is 21.6 Å². The Labute approximate surface area is 130 Å². The molecule has 0 aromatic heterocycles. The molecule has 1 aliphatic rings. The Bertz CT molecular complexity index is 561. The Morgan fingerprint density at radius 1 is 1.33 bits per heavy atom. The summed E-state index contributed by atoms with van der Waals surface area (Å²) in [5, 5.41) is 0. The van der Waals surface area contributed by atoms with Crippen LogP contribution < -0.4 is 4.74 Å². The lowest BCUT2D eigenvalue weighted by atomic mass is 10.2. The Hall–Kier alpha value is -0.820. The highest BCUT2D eigenvalue weighted by Gasteiger charge is 2.34. The average Bonchev–Trinajstić information content (AvgIpc) is 2.48. The molecule has 5 nitrogen and oxygen atoms in total. The van der Waals surface area contributed by atoms with Gasteiger partial charge in [-0.25, -0.2) is 8.42 Å². The van der Waals surface area contributed by atoms with Crippen LogP contribution in [0.1, 0.15) is 13.8 Å². The number of hydrogen-bond acceptors (Lipinski definition) is 4. The van der Waals surface area contributed by atoms with Gasteiger partial charge >= 0.3 is 0 Å². The molecular formula is C14H20ClNO4S. The van der Waals surface area contributed by atoms with Crippen LogP contribution in [-0.2, 0) is 14.8 Å². The predicted molar refractivity (Wildman–Crippen MR) is 81.4 cm³/mol. The Kier molecular flexibility index (Phi) is 5.48. The van der Waals surface area contributed by atoms with Crippen molar-refractivity contribution in [3.05, 3.63) is 24.3 Å². The molecule has 0 spiro atoms. The number of hydrogen-bond donors (Lipinski definition) is 0. The van der Waals surface area contributed by atoms with Crippen LogP contribution in [-0.4, -0.2) is 50.5 Å². The van der Waals surface area contributed by atoms with Gasteiger partial charge in [-0.1, -0.05) is 0 Å². The molecule has 1 aromatic rings. The molecule has 21 heavy (non-hydrogen) atoms. The fourth-order valence-electron chi connectivity index (χ4n) is 2.21. The summed E-state index contributed by atoms with van der Waals surface area (Å²) in [6.45, 7) is 4.90. The summed E-state index contributed by atoms with van der Waals surface area (Å²) in [7, 11) is -3.51. The van der Waals surface area contributed by atoms with Crippen LogP contribution in [0.5, 0.6) is 5.75 Å². The molecule has 0 saturated carbocycles. The van der Waals surface area contributed by atoms with Crippen LogP contribution in [0.4, 0.5) is 0 Å². The summed E-state index contributed by atoms with van der Waals surface area (Å²) in [5.74, 6) is 1.00. The topological polar surface area (TPSA) is 55.8 Å². The van der Waals surface area contributed by atoms with E-state index in [-0.39, 0.29) is 17.0 Å². The van der Waals surface area contributed by atoms with Crippen LogP contribution in [0.2, 0.25) is 0 Å². The molecule has 1 saturated heterocycles. The van der Waals surface area contributed by atoms with Gasteiger partial charge in [-0.3, -0.25) is 0 Å². The van der Waals surface area contributed by atoms with Crippen LogP contribution in [0.25, 0.3) is 0 Å². The van der Waals surface area contributed by atoms with Crippen molar-refractivity contribution in [2.45, 2.75) is 30.9 Å². The van der Waals surface area contributed by atoms with Gasteiger partial charge in [0.1, 0.15) is 12.4 Å². The van der Waals surface area contributed by atoms with Gasteiger partial charge in [0, 0.05) is 12.6 Å². The van der Waals surface area contributed by atoms with Crippen LogP contribution in [0.3, 0.4) is 0 Å². The maximum atomic E-state index is 12.7. The van der Waals surface area contributed by atoms with E-state index in [9.17, 15) is 8.42 Å². The molecule has 0 N–H and O–H groups in total. The van der Waals surface area contributed by atoms with Gasteiger partial charge in [0.25, 0.3) is 0 Å². The third-order valence-corrected chi connectivity index (χ3v) is 5.48. The van der Waals surface area contributed by atoms with E-state index in [4.69, 9.17) is 21.1 Å². The first-order chi connectivity index (χ1) is 9.95. The lowest BCUT2D eigenvalue weighted by Gasteiger charge is -2.35. The van der Waals surface area contributed by atoms with Gasteiger partial charge in [-0.2, -0.15) is 4.31 Å². The van der Waals surface area contributed by atoms with E-state index in [1.165, 1.54) is 4.31 Å². The van der Waals surface area contributed by atoms with Crippen LogP contribution in [0.15, 0.2) is 29.2 Å². The molecule has 1 fully saturated rings. The largest absolute Gasteiger partial charge is 0.492 e. The third-order valence-electron chi connectivity index (χ3n) is 3.33. The molecule has 118 valence electrons. The zero-order valence-corrected chi connectivity index (χ0v) is 13.7. The lowest BCUT2D eigenvalue weighted by molar-refractivity contribution is -0.0170. The van der Waals surface area contributed by atoms with Gasteiger partial charge in [0.15, 0.2) is 0 Å². The molecular weight excluding hydrogens is 314 g/mol. The Balaban J connectivity index is 2.18. The second-order valence-corrected chi connectivity index (χ2v) is 7.35. The molecule has 0 aliphatic carbocycles. The van der Waals surface area contributed by atoms with Crippen molar-refractivity contribution in [1.82, 2.24) is 4.31 Å². The first-order valence-corrected chi connectivity index (χ1v) is 8.85. The molecule has 2 rings (SSSR count). The third kappa shape index (κ3) is 3.88. The number of ether oxygens (including phenoxy) is 2. The van der Waals surface area contributed by atoms with E-state index in [0.29, 0.717) is 31.4 Å². The summed E-state index contributed by atoms with van der Waals surface area (Å²) in [6, 6.07) is 6.25. The average molecular weight is 334 g/mol. The number of sulfonamides is 1. The minimum absolute atomic E-state index is 0.0951. The molecule has 1 heterocycles. The zero-order valence-electron chi connectivity index (χ0n) is 12.2. The molecule has 1 aliphatic heterocycles. The summed E-state index contributed by atoms with van der Waals surface area (Å²) in [5.41, 5.74) is 0. The van der Waals surface area contributed by atoms with Crippen molar-refractivity contribution in [3.63, 3.8) is 0 Å². The first kappa shape index (κ1) is 16.5. The van der Waals surface area contributed by atoms with E-state index in [0.717, 1.165) is 0 Å². The summed E-state index contributed by atoms with van der Waals surface area (Å²) in [4.78, 5) is 0.265. The van der Waals surface area contributed by atoms with Gasteiger partial charge in [-0.15, -0.1) is 11.6 Å². The van der Waals surface area contributed by atoms with Gasteiger partial charge in [0.05, 0.1) is 23.5 Å². The quantitative estimate of drug-likeness (QED) is 0.774. The van der Waals surface area contributed by atoms with Crippen molar-refractivity contribution < 1.29 is 17.9 Å². The zero-order chi connectivity index (χ0) is 15.5. The number of nitrogens with zero attached hydrogens (tertiary/aromatic N) is 1. The summed E-state index contributed by atoms with van der Waals surface area (Å²) in [6.07, 6.45) is -0.0951. The highest BCUT2D eigenvalue weighted by Crippen LogP contribution is 2.24. The maximum Gasteiger partial charge on any atom is 0.243 e. The minimum Gasteiger partial charge on any atom is -0.492 e. The van der Waals surface area contributed by atoms with Crippen molar-refractivity contribution in [2.75, 3.05) is 25.6 Å². The molecule has 7 heteroatoms. The second-order valence-electron chi connectivity index (χ2n) is 5.08. The second kappa shape index (κ2) is 6.96. The number of halogens is 1. The lowest BCUT2D eigenvalue weighted by Crippen LogP contribution is -2.50. The highest BCUT2D eigenvalue weighted by molar-refractivity contribution is 7.89. The summed E-state index contributed by atoms with van der Waals surface area (Å²) >= 11 is 5.55. The Morgan fingerprint density at radius 2 is 2.00 bits per heavy atom.